The van der Waals surface area contributed by atoms with Crippen LogP contribution < -0.4 is 0 Å². The first kappa shape index (κ1) is 17.5. The van der Waals surface area contributed by atoms with Gasteiger partial charge in [0.25, 0.3) is 0 Å². The lowest BCUT2D eigenvalue weighted by molar-refractivity contribution is -0.263. The van der Waals surface area contributed by atoms with Crippen molar-refractivity contribution in [2.24, 2.45) is 0 Å². The molecule has 0 aliphatic rings. The van der Waals surface area contributed by atoms with E-state index in [1.165, 1.54) is 15.9 Å². The summed E-state index contributed by atoms with van der Waals surface area (Å²) in [6.07, 6.45) is -11.7. The molecule has 108 valence electrons. The van der Waals surface area contributed by atoms with Gasteiger partial charge in [0.05, 0.1) is 6.61 Å². The van der Waals surface area contributed by atoms with Gasteiger partial charge in [-0.3, -0.25) is 0 Å². The third-order valence-corrected chi connectivity index (χ3v) is 2.95. The number of hydrogen-bond donors (Lipinski definition) is 0. The number of halogens is 7. The Morgan fingerprint density at radius 1 is 1.06 bits per heavy atom. The summed E-state index contributed by atoms with van der Waals surface area (Å²) in [7, 11) is 0. The van der Waals surface area contributed by atoms with Crippen molar-refractivity contribution in [3.05, 3.63) is 0 Å². The van der Waals surface area contributed by atoms with E-state index >= 15 is 0 Å². The molecular formula is C8H9BrF6O3. The molecule has 3 nitrogen and oxygen atoms in total. The maximum absolute atomic E-state index is 12.3. The predicted octanol–water partition coefficient (Wildman–Crippen LogP) is 2.82. The van der Waals surface area contributed by atoms with Crippen LogP contribution in [0.1, 0.15) is 6.92 Å². The molecule has 0 saturated heterocycles. The molecule has 0 radical (unpaired) electrons. The number of alkyl halides is 7. The zero-order valence-corrected chi connectivity index (χ0v) is 10.6. The summed E-state index contributed by atoms with van der Waals surface area (Å²) in [6.45, 7) is 0.755. The van der Waals surface area contributed by atoms with Gasteiger partial charge in [-0.15, -0.1) is 0 Å². The molecule has 0 aromatic heterocycles. The first-order valence-corrected chi connectivity index (χ1v) is 5.35. The Morgan fingerprint density at radius 2 is 1.50 bits per heavy atom. The first-order valence-electron chi connectivity index (χ1n) is 4.55. The molecule has 0 heterocycles. The van der Waals surface area contributed by atoms with Crippen LogP contribution in [0.4, 0.5) is 26.3 Å². The quantitative estimate of drug-likeness (QED) is 0.332. The van der Waals surface area contributed by atoms with E-state index in [4.69, 9.17) is 0 Å². The van der Waals surface area contributed by atoms with Gasteiger partial charge in [0, 0.05) is 6.61 Å². The summed E-state index contributed by atoms with van der Waals surface area (Å²) in [6, 6.07) is 0. The lowest BCUT2D eigenvalue weighted by atomic mass is 10.1. The lowest BCUT2D eigenvalue weighted by Gasteiger charge is -2.29. The average molecular weight is 347 g/mol. The van der Waals surface area contributed by atoms with Crippen LogP contribution >= 0.6 is 15.9 Å². The fourth-order valence-corrected chi connectivity index (χ4v) is 0.944. The zero-order valence-electron chi connectivity index (χ0n) is 8.99. The molecule has 0 atom stereocenters. The van der Waals surface area contributed by atoms with E-state index in [1.807, 2.05) is 0 Å². The molecule has 0 bridgehead atoms. The standard InChI is InChI=1S/C8H9BrF6O3/c1-2-17-3-4-18-5(16)6(9,7(10,11)12)8(13,14)15/h2-4H2,1H3. The van der Waals surface area contributed by atoms with Gasteiger partial charge in [0.15, 0.2) is 0 Å². The molecule has 0 aromatic rings. The van der Waals surface area contributed by atoms with Crippen molar-refractivity contribution in [3.8, 4) is 0 Å². The van der Waals surface area contributed by atoms with Gasteiger partial charge in [0.2, 0.25) is 0 Å². The molecule has 0 unspecified atom stereocenters. The highest BCUT2D eigenvalue weighted by Crippen LogP contribution is 2.50. The van der Waals surface area contributed by atoms with Gasteiger partial charge >= 0.3 is 22.6 Å². The molecule has 0 rings (SSSR count). The van der Waals surface area contributed by atoms with Gasteiger partial charge in [-0.1, -0.05) is 15.9 Å². The number of ether oxygens (including phenoxy) is 2. The molecule has 0 spiro atoms. The number of hydrogen-bond acceptors (Lipinski definition) is 3. The van der Waals surface area contributed by atoms with E-state index in [2.05, 4.69) is 9.47 Å². The summed E-state index contributed by atoms with van der Waals surface area (Å²) in [4.78, 5) is 11.0. The second-order valence-electron chi connectivity index (χ2n) is 2.99. The van der Waals surface area contributed by atoms with Gasteiger partial charge in [-0.2, -0.15) is 26.3 Å². The predicted molar refractivity (Wildman–Crippen MR) is 51.2 cm³/mol. The van der Waals surface area contributed by atoms with Crippen molar-refractivity contribution < 1.29 is 40.6 Å². The van der Waals surface area contributed by atoms with Crippen molar-refractivity contribution in [2.75, 3.05) is 19.8 Å². The van der Waals surface area contributed by atoms with Crippen molar-refractivity contribution >= 4 is 21.9 Å². The second-order valence-corrected chi connectivity index (χ2v) is 4.18. The van der Waals surface area contributed by atoms with Crippen molar-refractivity contribution in [2.45, 2.75) is 23.6 Å². The monoisotopic (exact) mass is 346 g/mol. The van der Waals surface area contributed by atoms with Gasteiger partial charge in [-0.05, 0) is 6.92 Å². The minimum absolute atomic E-state index is 0.190. The van der Waals surface area contributed by atoms with Crippen LogP contribution in [0.3, 0.4) is 0 Å². The zero-order chi connectivity index (χ0) is 14.6. The second kappa shape index (κ2) is 6.09. The maximum Gasteiger partial charge on any atom is 0.423 e. The van der Waals surface area contributed by atoms with Crippen LogP contribution in [0.25, 0.3) is 0 Å². The minimum Gasteiger partial charge on any atom is -0.462 e. The van der Waals surface area contributed by atoms with E-state index in [0.29, 0.717) is 0 Å². The highest BCUT2D eigenvalue weighted by molar-refractivity contribution is 9.10. The topological polar surface area (TPSA) is 35.5 Å². The lowest BCUT2D eigenvalue weighted by Crippen LogP contribution is -2.58. The van der Waals surface area contributed by atoms with Crippen molar-refractivity contribution in [1.29, 1.82) is 0 Å². The van der Waals surface area contributed by atoms with Gasteiger partial charge in [0.1, 0.15) is 6.61 Å². The molecular weight excluding hydrogens is 338 g/mol. The van der Waals surface area contributed by atoms with E-state index in [9.17, 15) is 31.1 Å². The molecule has 0 aliphatic carbocycles. The van der Waals surface area contributed by atoms with Crippen LogP contribution in [-0.4, -0.2) is 42.5 Å². The molecule has 10 heteroatoms. The van der Waals surface area contributed by atoms with E-state index < -0.39 is 29.3 Å². The largest absolute Gasteiger partial charge is 0.462 e. The summed E-state index contributed by atoms with van der Waals surface area (Å²) in [5.41, 5.74) is 0. The molecule has 0 amide bonds. The Labute approximate surface area is 107 Å². The Morgan fingerprint density at radius 3 is 1.83 bits per heavy atom. The van der Waals surface area contributed by atoms with Gasteiger partial charge in [-0.25, -0.2) is 4.79 Å². The Balaban J connectivity index is 4.86. The van der Waals surface area contributed by atoms with Crippen LogP contribution in [-0.2, 0) is 14.3 Å². The number of esters is 1. The Bertz CT molecular complexity index is 274. The first-order chi connectivity index (χ1) is 7.98. The van der Waals surface area contributed by atoms with E-state index in [0.717, 1.165) is 0 Å². The third kappa shape index (κ3) is 3.74. The fraction of sp³-hybridized carbons (Fsp3) is 0.875. The smallest absolute Gasteiger partial charge is 0.423 e. The minimum atomic E-state index is -5.87. The third-order valence-electron chi connectivity index (χ3n) is 1.73. The molecule has 18 heavy (non-hydrogen) atoms. The van der Waals surface area contributed by atoms with E-state index in [1.54, 1.807) is 6.92 Å². The Hall–Kier alpha value is -0.510. The maximum atomic E-state index is 12.3. The number of carbonyl (C=O) groups excluding carboxylic acids is 1. The highest BCUT2D eigenvalue weighted by Gasteiger charge is 2.75. The van der Waals surface area contributed by atoms with Gasteiger partial charge < -0.3 is 9.47 Å². The SMILES string of the molecule is CCOCCOC(=O)C(Br)(C(F)(F)F)C(F)(F)F. The van der Waals surface area contributed by atoms with E-state index in [-0.39, 0.29) is 13.2 Å². The normalized spacial score (nSPS) is 13.6. The van der Waals surface area contributed by atoms with Crippen LogP contribution in [0.2, 0.25) is 0 Å². The van der Waals surface area contributed by atoms with Crippen LogP contribution in [0.15, 0.2) is 0 Å². The number of rotatable bonds is 5. The average Bonchev–Trinajstić information content (AvgIpc) is 2.19. The highest BCUT2D eigenvalue weighted by atomic mass is 79.9. The number of carbonyl (C=O) groups is 1. The summed E-state index contributed by atoms with van der Waals surface area (Å²) in [5.74, 6) is -2.47. The molecule has 0 aromatic carbocycles. The summed E-state index contributed by atoms with van der Waals surface area (Å²) in [5, 5.41) is 0. The molecule has 0 aliphatic heterocycles. The van der Waals surface area contributed by atoms with Crippen molar-refractivity contribution in [3.63, 3.8) is 0 Å². The molecule has 0 N–H and O–H groups in total. The van der Waals surface area contributed by atoms with Crippen LogP contribution in [0, 0.1) is 0 Å². The molecule has 0 fully saturated rings. The Kier molecular flexibility index (Phi) is 5.92. The summed E-state index contributed by atoms with van der Waals surface area (Å²) >= 11 is 1.40. The summed E-state index contributed by atoms with van der Waals surface area (Å²) < 4.78 is 77.8. The van der Waals surface area contributed by atoms with Crippen molar-refractivity contribution in [1.82, 2.24) is 0 Å². The fourth-order valence-electron chi connectivity index (χ4n) is 0.829. The van der Waals surface area contributed by atoms with Crippen LogP contribution in [0.5, 0.6) is 0 Å². The molecule has 0 saturated carbocycles.